The molecule has 0 saturated heterocycles. The summed E-state index contributed by atoms with van der Waals surface area (Å²) in [6.07, 6.45) is 23.5. The minimum atomic E-state index is -2.11. The number of hydrogen-bond acceptors (Lipinski definition) is 0. The maximum Gasteiger partial charge on any atom is 0.212 e. The van der Waals surface area contributed by atoms with Crippen molar-refractivity contribution in [2.75, 3.05) is 0 Å². The Hall–Kier alpha value is -8.15. The molecule has 5 heteroatoms. The Morgan fingerprint density at radius 3 is 1.17 bits per heavy atom. The Kier molecular flexibility index (Phi) is 16.2. The predicted octanol–water partition coefficient (Wildman–Crippen LogP) is 23.0. The number of nitrogens with zero attached hydrogens (tertiary/aromatic N) is 5. The Morgan fingerprint density at radius 2 is 0.685 bits per heavy atom. The van der Waals surface area contributed by atoms with Crippen molar-refractivity contribution in [3.63, 3.8) is 0 Å². The second-order valence-corrected chi connectivity index (χ2v) is 37.7. The van der Waals surface area contributed by atoms with Crippen LogP contribution >= 0.6 is 0 Å². The molecule has 4 saturated carbocycles. The molecule has 8 unspecified atom stereocenters. The molecule has 9 aliphatic carbocycles. The van der Waals surface area contributed by atoms with E-state index in [1.807, 2.05) is 50.8 Å². The van der Waals surface area contributed by atoms with Gasteiger partial charge in [-0.3, -0.25) is 0 Å². The molecule has 0 spiro atoms. The summed E-state index contributed by atoms with van der Waals surface area (Å²) in [4.78, 5) is 0. The Bertz CT molecular complexity index is 5740. The van der Waals surface area contributed by atoms with Gasteiger partial charge in [0.15, 0.2) is 31.0 Å². The van der Waals surface area contributed by atoms with Crippen LogP contribution in [-0.2, 0) is 56.9 Å². The van der Waals surface area contributed by atoms with Gasteiger partial charge in [0.1, 0.15) is 35.2 Å². The first-order valence-corrected chi connectivity index (χ1v) is 40.5. The summed E-state index contributed by atoms with van der Waals surface area (Å²) >= 11 is 0. The summed E-state index contributed by atoms with van der Waals surface area (Å²) < 4.78 is 83.5. The molecule has 19 rings (SSSR count). The first-order valence-electron chi connectivity index (χ1n) is 45.0. The van der Waals surface area contributed by atoms with E-state index in [2.05, 4.69) is 260 Å². The van der Waals surface area contributed by atoms with Gasteiger partial charge in [-0.15, -0.1) is 0 Å². The molecule has 5 heterocycles. The van der Waals surface area contributed by atoms with Crippen molar-refractivity contribution >= 4 is 0 Å². The number of fused-ring (bicyclic) bond motifs is 21. The van der Waals surface area contributed by atoms with E-state index in [9.17, 15) is 1.37 Å². The third-order valence-electron chi connectivity index (χ3n) is 29.1. The average Bonchev–Trinajstić information content (AvgIpc) is 1.51. The van der Waals surface area contributed by atoms with Gasteiger partial charge < -0.3 is 0 Å². The number of hydrogen-bond donors (Lipinski definition) is 0. The molecular formula is C103H128N5+5. The minimum absolute atomic E-state index is 0.0283. The van der Waals surface area contributed by atoms with Crippen molar-refractivity contribution in [3.8, 4) is 56.3 Å². The van der Waals surface area contributed by atoms with Gasteiger partial charge in [0.2, 0.25) is 28.5 Å². The van der Waals surface area contributed by atoms with Crippen LogP contribution in [-0.4, -0.2) is 0 Å². The van der Waals surface area contributed by atoms with Crippen molar-refractivity contribution in [3.05, 3.63) is 264 Å². The topological polar surface area (TPSA) is 19.4 Å². The highest BCUT2D eigenvalue weighted by molar-refractivity contribution is 5.69. The van der Waals surface area contributed by atoms with E-state index in [0.717, 1.165) is 87.9 Å². The number of benzene rings is 5. The van der Waals surface area contributed by atoms with E-state index in [0.29, 0.717) is 34.3 Å². The highest BCUT2D eigenvalue weighted by Crippen LogP contribution is 2.69. The van der Waals surface area contributed by atoms with Gasteiger partial charge >= 0.3 is 0 Å². The van der Waals surface area contributed by atoms with Gasteiger partial charge in [0.25, 0.3) is 0 Å². The van der Waals surface area contributed by atoms with Crippen LogP contribution in [0, 0.1) is 79.9 Å². The first kappa shape index (κ1) is 64.6. The third kappa shape index (κ3) is 12.5. The van der Waals surface area contributed by atoms with Crippen LogP contribution < -0.4 is 22.8 Å². The molecule has 10 aromatic rings. The molecule has 5 aromatic carbocycles. The normalized spacial score (nSPS) is 27.4. The van der Waals surface area contributed by atoms with Gasteiger partial charge in [-0.1, -0.05) is 158 Å². The lowest BCUT2D eigenvalue weighted by Crippen LogP contribution is -2.36. The monoisotopic (exact) mass is 1440 g/mol. The number of rotatable bonds is 5. The van der Waals surface area contributed by atoms with E-state index >= 15 is 0 Å². The van der Waals surface area contributed by atoms with Crippen LogP contribution in [0.3, 0.4) is 0 Å². The lowest BCUT2D eigenvalue weighted by molar-refractivity contribution is -0.661. The molecule has 0 N–H and O–H groups in total. The Labute approximate surface area is 663 Å². The minimum Gasteiger partial charge on any atom is -0.201 e. The van der Waals surface area contributed by atoms with E-state index in [1.54, 1.807) is 46.5 Å². The largest absolute Gasteiger partial charge is 0.212 e. The first-order chi connectivity index (χ1) is 54.4. The maximum atomic E-state index is 9.30. The van der Waals surface area contributed by atoms with Crippen molar-refractivity contribution in [2.24, 2.45) is 46.1 Å². The predicted molar refractivity (Wildman–Crippen MR) is 448 cm³/mol. The molecule has 5 aromatic heterocycles. The third-order valence-corrected chi connectivity index (χ3v) is 29.1. The quantitative estimate of drug-likeness (QED) is 0.153. The second-order valence-electron chi connectivity index (χ2n) is 37.7. The lowest BCUT2D eigenvalue weighted by atomic mass is 9.69. The molecule has 0 radical (unpaired) electrons. The molecule has 0 aliphatic heterocycles. The molecular weight excluding hydrogens is 1310 g/mol. The fourth-order valence-electron chi connectivity index (χ4n) is 22.5. The van der Waals surface area contributed by atoms with Gasteiger partial charge in [0.05, 0.1) is 0 Å². The molecule has 5 nitrogen and oxygen atoms in total. The smallest absolute Gasteiger partial charge is 0.201 e. The van der Waals surface area contributed by atoms with Crippen LogP contribution in [0.25, 0.3) is 56.3 Å². The van der Waals surface area contributed by atoms with Crippen LogP contribution in [0.5, 0.6) is 0 Å². The number of aromatic nitrogens is 5. The zero-order chi connectivity index (χ0) is 84.9. The van der Waals surface area contributed by atoms with Gasteiger partial charge in [-0.2, -0.15) is 0 Å². The van der Waals surface area contributed by atoms with Gasteiger partial charge in [0, 0.05) is 109 Å². The summed E-state index contributed by atoms with van der Waals surface area (Å²) in [5.41, 5.74) is 37.9. The molecule has 9 aliphatic rings. The summed E-state index contributed by atoms with van der Waals surface area (Å²) in [5, 5.41) is 0. The van der Waals surface area contributed by atoms with Crippen LogP contribution in [0.1, 0.15) is 299 Å². The van der Waals surface area contributed by atoms with Crippen LogP contribution in [0.2, 0.25) is 0 Å². The molecule has 560 valence electrons. The zero-order valence-corrected chi connectivity index (χ0v) is 69.7. The summed E-state index contributed by atoms with van der Waals surface area (Å²) in [7, 11) is 10.6. The lowest BCUT2D eigenvalue weighted by Gasteiger charge is -2.34. The van der Waals surface area contributed by atoms with E-state index < -0.39 is 31.4 Å². The van der Waals surface area contributed by atoms with E-state index in [4.69, 9.17) is 11.0 Å². The van der Waals surface area contributed by atoms with E-state index in [1.165, 1.54) is 122 Å². The van der Waals surface area contributed by atoms with Crippen molar-refractivity contribution in [1.82, 2.24) is 0 Å². The standard InChI is InChI=1S/2C22H28N.C21H28N.2C19H22N/c2*1-14-7-8-16(15(2)11-14)20-12-17-18-9-10-22(5,21(18,3)4)19(17)13-23(20)6;1-14-8-9-16(15(2)10-14)19-11-17-18(12-22(19)7)21(5,6)13-20(17,3)4;2*1-12-4-7-16(13(2)8-12)19-10-17-14-5-6-15(9-14)18(17)11-20(19)3/h2*7-8,11-13,18H,9-10H2,1-6H3;8-12H,13H2,1-7H3;2*4,7-8,10-11,14-15H,5-6,9H2,1-3H3/q5*+1/i1D3,18D;;;1D3,14D,15D;. The Balaban J connectivity index is 0.000000115. The molecule has 8 bridgehead atoms. The van der Waals surface area contributed by atoms with Crippen LogP contribution in [0.4, 0.5) is 0 Å². The number of pyridine rings is 5. The van der Waals surface area contributed by atoms with Gasteiger partial charge in [-0.25, -0.2) is 22.8 Å². The molecule has 4 fully saturated rings. The average molecular weight is 1450 g/mol. The summed E-state index contributed by atoms with van der Waals surface area (Å²) in [6.45, 7) is 36.6. The highest BCUT2D eigenvalue weighted by Gasteiger charge is 2.62. The summed E-state index contributed by atoms with van der Waals surface area (Å²) in [5.74, 6) is 0.565. The van der Waals surface area contributed by atoms with Crippen molar-refractivity contribution in [1.29, 1.82) is 0 Å². The highest BCUT2D eigenvalue weighted by atomic mass is 15.0. The number of aryl methyl sites for hydroxylation is 15. The molecule has 8 atom stereocenters. The van der Waals surface area contributed by atoms with Crippen LogP contribution in [0.15, 0.2) is 152 Å². The van der Waals surface area contributed by atoms with E-state index in [-0.39, 0.29) is 21.7 Å². The molecule has 108 heavy (non-hydrogen) atoms. The van der Waals surface area contributed by atoms with Gasteiger partial charge in [-0.05, 0) is 283 Å². The fraction of sp³-hybridized carbons (Fsp3) is 0.466. The van der Waals surface area contributed by atoms with Crippen molar-refractivity contribution in [2.45, 2.75) is 266 Å². The maximum absolute atomic E-state index is 9.30. The zero-order valence-electron chi connectivity index (χ0n) is 78.7. The second kappa shape index (κ2) is 27.1. The fourth-order valence-corrected chi connectivity index (χ4v) is 22.5. The summed E-state index contributed by atoms with van der Waals surface area (Å²) in [6, 6.07) is 42.6. The molecule has 0 amide bonds. The SMILES string of the molecule is Cc1ccc(-c2cc3c(c[n+]2C)C(C)(C)CC3(C)C)c(C)c1.Cc1ccc(-c2cc3c(c[n+]2C)C2(C)CCC3C2(C)C)c(C)c1.Cc1ccc(-c2cc3c(c[n+]2C)C2CCC3C2)c(C)c1.[2H]C([2H])([2H])c1ccc(-c2cc3c(c[n+]2C)C2(C)CCC3([2H])C2(C)C)c(C)c1.[2H]C([2H])([2H])c1ccc(-c2cc3c(c[n+]2C)C2([2H])CCC3([2H])C2)c(C)c1. The Morgan fingerprint density at radius 1 is 0.324 bits per heavy atom. The van der Waals surface area contributed by atoms with Crippen molar-refractivity contribution < 1.29 is 35.2 Å².